The molecule has 1 aliphatic carbocycles. The number of hydrogen-bond donors (Lipinski definition) is 0. The van der Waals surface area contributed by atoms with E-state index in [1.807, 2.05) is 6.07 Å². The summed E-state index contributed by atoms with van der Waals surface area (Å²) in [6, 6.07) is 23.3. The number of benzene rings is 3. The highest BCUT2D eigenvalue weighted by atomic mass is 79.9. The highest BCUT2D eigenvalue weighted by Gasteiger charge is 2.41. The fraction of sp³-hybridized carbons (Fsp3) is 0.100. The first kappa shape index (κ1) is 14.0. The van der Waals surface area contributed by atoms with Crippen molar-refractivity contribution >= 4 is 27.5 Å². The lowest BCUT2D eigenvalue weighted by Gasteiger charge is -2.28. The van der Waals surface area contributed by atoms with Crippen LogP contribution < -0.4 is 0 Å². The monoisotopic (exact) mass is 368 g/mol. The molecule has 0 aromatic heterocycles. The summed E-state index contributed by atoms with van der Waals surface area (Å²) in [5, 5.41) is 0.782. The van der Waals surface area contributed by atoms with Crippen molar-refractivity contribution in [2.24, 2.45) is 0 Å². The molecule has 0 saturated carbocycles. The number of halogens is 2. The summed E-state index contributed by atoms with van der Waals surface area (Å²) >= 11 is 10.0. The molecule has 0 bridgehead atoms. The molecule has 4 rings (SSSR count). The van der Waals surface area contributed by atoms with E-state index in [9.17, 15) is 0 Å². The Bertz CT molecular complexity index is 870. The molecule has 22 heavy (non-hydrogen) atoms. The van der Waals surface area contributed by atoms with Crippen LogP contribution in [0.4, 0.5) is 0 Å². The van der Waals surface area contributed by atoms with Crippen LogP contribution in [0.3, 0.4) is 0 Å². The summed E-state index contributed by atoms with van der Waals surface area (Å²) in [5.74, 6) is 0. The van der Waals surface area contributed by atoms with Gasteiger partial charge in [0.15, 0.2) is 0 Å². The Labute approximate surface area is 143 Å². The molecule has 2 heteroatoms. The molecule has 1 unspecified atom stereocenters. The Hall–Kier alpha value is -1.57. The minimum atomic E-state index is -0.180. The molecule has 0 aliphatic heterocycles. The van der Waals surface area contributed by atoms with E-state index in [0.717, 1.165) is 9.50 Å². The smallest absolute Gasteiger partial charge is 0.0436 e. The molecule has 0 fully saturated rings. The first-order valence-corrected chi connectivity index (χ1v) is 8.44. The molecular weight excluding hydrogens is 356 g/mol. The summed E-state index contributed by atoms with van der Waals surface area (Å²) in [6.07, 6.45) is 0. The lowest BCUT2D eigenvalue weighted by atomic mass is 9.74. The molecule has 0 radical (unpaired) electrons. The van der Waals surface area contributed by atoms with Gasteiger partial charge in [0.05, 0.1) is 0 Å². The zero-order valence-corrected chi connectivity index (χ0v) is 14.4. The Kier molecular flexibility index (Phi) is 3.18. The van der Waals surface area contributed by atoms with Crippen LogP contribution in [0.5, 0.6) is 0 Å². The van der Waals surface area contributed by atoms with Crippen molar-refractivity contribution in [3.05, 3.63) is 92.9 Å². The molecule has 3 aromatic rings. The topological polar surface area (TPSA) is 0 Å². The summed E-state index contributed by atoms with van der Waals surface area (Å²) in [7, 11) is 0. The van der Waals surface area contributed by atoms with Crippen LogP contribution in [0.1, 0.15) is 23.6 Å². The average molecular weight is 370 g/mol. The maximum atomic E-state index is 6.31. The van der Waals surface area contributed by atoms with E-state index >= 15 is 0 Å². The van der Waals surface area contributed by atoms with E-state index in [1.54, 1.807) is 0 Å². The van der Waals surface area contributed by atoms with E-state index in [2.05, 4.69) is 83.5 Å². The minimum Gasteiger partial charge on any atom is -0.0843 e. The van der Waals surface area contributed by atoms with Crippen molar-refractivity contribution in [3.63, 3.8) is 0 Å². The van der Waals surface area contributed by atoms with Gasteiger partial charge in [0.2, 0.25) is 0 Å². The lowest BCUT2D eigenvalue weighted by Crippen LogP contribution is -2.22. The molecule has 3 aromatic carbocycles. The van der Waals surface area contributed by atoms with Gasteiger partial charge in [-0.25, -0.2) is 0 Å². The molecule has 1 aliphatic rings. The molecule has 1 atom stereocenters. The second-order valence-electron chi connectivity index (χ2n) is 5.84. The van der Waals surface area contributed by atoms with Gasteiger partial charge in [-0.1, -0.05) is 76.1 Å². The van der Waals surface area contributed by atoms with E-state index in [4.69, 9.17) is 11.6 Å². The van der Waals surface area contributed by atoms with E-state index < -0.39 is 0 Å². The molecule has 108 valence electrons. The number of fused-ring (bicyclic) bond motifs is 3. The SMILES string of the molecule is CC1(c2ccccc2)c2cc(Cl)ccc2-c2c(Br)cccc21. The van der Waals surface area contributed by atoms with Crippen molar-refractivity contribution in [2.45, 2.75) is 12.3 Å². The lowest BCUT2D eigenvalue weighted by molar-refractivity contribution is 0.714. The fourth-order valence-corrected chi connectivity index (χ4v) is 4.34. The molecule has 0 heterocycles. The summed E-state index contributed by atoms with van der Waals surface area (Å²) in [6.45, 7) is 2.29. The second kappa shape index (κ2) is 4.97. The van der Waals surface area contributed by atoms with Gasteiger partial charge in [-0.2, -0.15) is 0 Å². The van der Waals surface area contributed by atoms with Crippen LogP contribution >= 0.6 is 27.5 Å². The third-order valence-electron chi connectivity index (χ3n) is 4.69. The second-order valence-corrected chi connectivity index (χ2v) is 7.13. The Balaban J connectivity index is 2.13. The van der Waals surface area contributed by atoms with Crippen molar-refractivity contribution in [2.75, 3.05) is 0 Å². The van der Waals surface area contributed by atoms with Gasteiger partial charge >= 0.3 is 0 Å². The van der Waals surface area contributed by atoms with Crippen LogP contribution in [0, 0.1) is 0 Å². The summed E-state index contributed by atoms with van der Waals surface area (Å²) < 4.78 is 1.13. The van der Waals surface area contributed by atoms with Crippen LogP contribution in [0.2, 0.25) is 5.02 Å². The predicted octanol–water partition coefficient (Wildman–Crippen LogP) is 6.44. The first-order chi connectivity index (χ1) is 10.6. The highest BCUT2D eigenvalue weighted by Crippen LogP contribution is 2.54. The van der Waals surface area contributed by atoms with E-state index in [1.165, 1.54) is 27.8 Å². The zero-order chi connectivity index (χ0) is 15.3. The van der Waals surface area contributed by atoms with Crippen molar-refractivity contribution in [1.29, 1.82) is 0 Å². The number of rotatable bonds is 1. The average Bonchev–Trinajstić information content (AvgIpc) is 2.80. The molecule has 0 amide bonds. The fourth-order valence-electron chi connectivity index (χ4n) is 3.59. The van der Waals surface area contributed by atoms with Gasteiger partial charge in [-0.05, 0) is 47.4 Å². The molecule has 0 nitrogen and oxygen atoms in total. The quantitative estimate of drug-likeness (QED) is 0.463. The van der Waals surface area contributed by atoms with Crippen LogP contribution in [-0.2, 0) is 5.41 Å². The maximum absolute atomic E-state index is 6.31. The van der Waals surface area contributed by atoms with Gasteiger partial charge in [-0.3, -0.25) is 0 Å². The molecule has 0 saturated heterocycles. The van der Waals surface area contributed by atoms with Crippen LogP contribution in [-0.4, -0.2) is 0 Å². The summed E-state index contributed by atoms with van der Waals surface area (Å²) in [5.41, 5.74) is 6.24. The largest absolute Gasteiger partial charge is 0.0843 e. The van der Waals surface area contributed by atoms with Crippen molar-refractivity contribution in [1.82, 2.24) is 0 Å². The molecular formula is C20H14BrCl. The molecule has 0 N–H and O–H groups in total. The van der Waals surface area contributed by atoms with Crippen LogP contribution in [0.15, 0.2) is 71.2 Å². The first-order valence-electron chi connectivity index (χ1n) is 7.27. The van der Waals surface area contributed by atoms with E-state index in [0.29, 0.717) is 0 Å². The third-order valence-corrected chi connectivity index (χ3v) is 5.59. The Morgan fingerprint density at radius 1 is 0.864 bits per heavy atom. The Morgan fingerprint density at radius 3 is 2.41 bits per heavy atom. The minimum absolute atomic E-state index is 0.180. The van der Waals surface area contributed by atoms with Gasteiger partial charge in [-0.15, -0.1) is 0 Å². The Morgan fingerprint density at radius 2 is 1.64 bits per heavy atom. The van der Waals surface area contributed by atoms with Gasteiger partial charge in [0.25, 0.3) is 0 Å². The van der Waals surface area contributed by atoms with E-state index in [-0.39, 0.29) is 5.41 Å². The van der Waals surface area contributed by atoms with Crippen molar-refractivity contribution < 1.29 is 0 Å². The highest BCUT2D eigenvalue weighted by molar-refractivity contribution is 9.10. The van der Waals surface area contributed by atoms with Gasteiger partial charge in [0, 0.05) is 20.5 Å². The summed E-state index contributed by atoms with van der Waals surface area (Å²) in [4.78, 5) is 0. The van der Waals surface area contributed by atoms with Crippen molar-refractivity contribution in [3.8, 4) is 11.1 Å². The predicted molar refractivity (Wildman–Crippen MR) is 96.6 cm³/mol. The van der Waals surface area contributed by atoms with Crippen LogP contribution in [0.25, 0.3) is 11.1 Å². The molecule has 0 spiro atoms. The third kappa shape index (κ3) is 1.82. The van der Waals surface area contributed by atoms with Gasteiger partial charge < -0.3 is 0 Å². The number of hydrogen-bond acceptors (Lipinski definition) is 0. The maximum Gasteiger partial charge on any atom is 0.0436 e. The normalized spacial score (nSPS) is 18.9. The van der Waals surface area contributed by atoms with Gasteiger partial charge in [0.1, 0.15) is 0 Å². The zero-order valence-electron chi connectivity index (χ0n) is 12.1. The standard InChI is InChI=1S/C20H14BrCl/c1-20(13-6-3-2-4-7-13)16-8-5-9-18(21)19(16)15-11-10-14(22)12-17(15)20/h2-12H,1H3.